The number of halogens is 1. The Bertz CT molecular complexity index is 706. The maximum atomic E-state index is 9.13. The molecule has 0 aliphatic rings. The molecule has 1 aromatic heterocycles. The first-order chi connectivity index (χ1) is 8.79. The molecule has 0 fully saturated rings. The van der Waals surface area contributed by atoms with Crippen LogP contribution in [0.1, 0.15) is 11.1 Å². The van der Waals surface area contributed by atoms with Crippen LogP contribution in [0.3, 0.4) is 0 Å². The maximum absolute atomic E-state index is 9.13. The molecule has 2 aromatic carbocycles. The molecule has 0 saturated carbocycles. The van der Waals surface area contributed by atoms with Crippen LogP contribution in [0.15, 0.2) is 48.8 Å². The van der Waals surface area contributed by atoms with Gasteiger partial charge in [-0.3, -0.25) is 4.57 Å². The summed E-state index contributed by atoms with van der Waals surface area (Å²) in [4.78, 5) is 4.40. The van der Waals surface area contributed by atoms with Crippen LogP contribution in [-0.4, -0.2) is 14.7 Å². The lowest BCUT2D eigenvalue weighted by atomic mass is 10.2. The Morgan fingerprint density at radius 2 is 1.95 bits per heavy atom. The lowest BCUT2D eigenvalue weighted by Crippen LogP contribution is -1.94. The number of rotatable bonds is 2. The van der Waals surface area contributed by atoms with Gasteiger partial charge in [-0.1, -0.05) is 24.3 Å². The first-order valence-electron chi connectivity index (χ1n) is 5.92. The van der Waals surface area contributed by atoms with Crippen molar-refractivity contribution in [3.63, 3.8) is 0 Å². The highest BCUT2D eigenvalue weighted by Gasteiger charge is 2.06. The first kappa shape index (κ1) is 13.6. The highest BCUT2D eigenvalue weighted by atomic mass is 35.5. The van der Waals surface area contributed by atoms with Gasteiger partial charge in [0.2, 0.25) is 0 Å². The van der Waals surface area contributed by atoms with Gasteiger partial charge < -0.3 is 5.11 Å². The fraction of sp³-hybridized carbons (Fsp3) is 0.133. The van der Waals surface area contributed by atoms with E-state index in [4.69, 9.17) is 5.11 Å². The molecule has 0 spiro atoms. The van der Waals surface area contributed by atoms with Crippen molar-refractivity contribution in [2.24, 2.45) is 0 Å². The van der Waals surface area contributed by atoms with Gasteiger partial charge in [0.1, 0.15) is 6.33 Å². The van der Waals surface area contributed by atoms with E-state index in [1.165, 1.54) is 5.56 Å². The van der Waals surface area contributed by atoms with Crippen LogP contribution in [0.25, 0.3) is 16.7 Å². The summed E-state index contributed by atoms with van der Waals surface area (Å²) in [6.45, 7) is 2.14. The average molecular weight is 275 g/mol. The fourth-order valence-corrected chi connectivity index (χ4v) is 2.18. The smallest absolute Gasteiger partial charge is 0.100 e. The highest BCUT2D eigenvalue weighted by molar-refractivity contribution is 5.85. The fourth-order valence-electron chi connectivity index (χ4n) is 2.18. The first-order valence-corrected chi connectivity index (χ1v) is 5.92. The summed E-state index contributed by atoms with van der Waals surface area (Å²) in [5, 5.41) is 9.13. The van der Waals surface area contributed by atoms with E-state index in [9.17, 15) is 0 Å². The SMILES string of the molecule is Cc1ccccc1-n1cnc2cc(CO)ccc21.Cl. The summed E-state index contributed by atoms with van der Waals surface area (Å²) >= 11 is 0. The molecule has 0 saturated heterocycles. The van der Waals surface area contributed by atoms with Gasteiger partial charge in [0.05, 0.1) is 23.3 Å². The third-order valence-electron chi connectivity index (χ3n) is 3.17. The van der Waals surface area contributed by atoms with E-state index in [0.29, 0.717) is 0 Å². The molecule has 3 rings (SSSR count). The molecular formula is C15H15ClN2O. The van der Waals surface area contributed by atoms with Crippen LogP contribution < -0.4 is 0 Å². The predicted octanol–water partition coefficient (Wildman–Crippen LogP) is 3.25. The molecule has 0 amide bonds. The van der Waals surface area contributed by atoms with E-state index in [1.807, 2.05) is 36.7 Å². The van der Waals surface area contributed by atoms with Crippen molar-refractivity contribution in [2.45, 2.75) is 13.5 Å². The van der Waals surface area contributed by atoms with Gasteiger partial charge in [-0.25, -0.2) is 4.98 Å². The van der Waals surface area contributed by atoms with Gasteiger partial charge in [-0.15, -0.1) is 12.4 Å². The molecule has 1 N–H and O–H groups in total. The van der Waals surface area contributed by atoms with Gasteiger partial charge >= 0.3 is 0 Å². The van der Waals surface area contributed by atoms with Crippen molar-refractivity contribution in [3.8, 4) is 5.69 Å². The number of hydrogen-bond acceptors (Lipinski definition) is 2. The molecule has 4 heteroatoms. The zero-order chi connectivity index (χ0) is 12.5. The van der Waals surface area contributed by atoms with Crippen molar-refractivity contribution in [1.29, 1.82) is 0 Å². The second kappa shape index (κ2) is 5.43. The Morgan fingerprint density at radius 1 is 1.16 bits per heavy atom. The number of hydrogen-bond donors (Lipinski definition) is 1. The number of aliphatic hydroxyl groups is 1. The summed E-state index contributed by atoms with van der Waals surface area (Å²) in [6.07, 6.45) is 1.83. The summed E-state index contributed by atoms with van der Waals surface area (Å²) < 4.78 is 2.08. The number of aliphatic hydroxyl groups excluding tert-OH is 1. The van der Waals surface area contributed by atoms with E-state index in [1.54, 1.807) is 0 Å². The van der Waals surface area contributed by atoms with Crippen molar-refractivity contribution < 1.29 is 5.11 Å². The minimum Gasteiger partial charge on any atom is -0.392 e. The van der Waals surface area contributed by atoms with Crippen LogP contribution in [0.5, 0.6) is 0 Å². The van der Waals surface area contributed by atoms with Gasteiger partial charge in [-0.05, 0) is 36.2 Å². The zero-order valence-electron chi connectivity index (χ0n) is 10.6. The molecule has 19 heavy (non-hydrogen) atoms. The second-order valence-corrected chi connectivity index (χ2v) is 4.38. The van der Waals surface area contributed by atoms with Crippen LogP contribution in [0, 0.1) is 6.92 Å². The quantitative estimate of drug-likeness (QED) is 0.779. The Hall–Kier alpha value is -1.84. The number of fused-ring (bicyclic) bond motifs is 1. The van der Waals surface area contributed by atoms with Gasteiger partial charge in [0.25, 0.3) is 0 Å². The molecule has 98 valence electrons. The summed E-state index contributed by atoms with van der Waals surface area (Å²) in [5.41, 5.74) is 5.20. The van der Waals surface area contributed by atoms with E-state index >= 15 is 0 Å². The molecule has 0 radical (unpaired) electrons. The molecule has 0 aliphatic heterocycles. The predicted molar refractivity (Wildman–Crippen MR) is 79.0 cm³/mol. The number of aryl methyl sites for hydroxylation is 1. The van der Waals surface area contributed by atoms with Crippen molar-refractivity contribution in [3.05, 3.63) is 59.9 Å². The Labute approximate surface area is 117 Å². The maximum Gasteiger partial charge on any atom is 0.100 e. The molecule has 0 atom stereocenters. The average Bonchev–Trinajstić information content (AvgIpc) is 2.82. The third kappa shape index (κ3) is 2.35. The second-order valence-electron chi connectivity index (χ2n) is 4.38. The molecule has 3 aromatic rings. The van der Waals surface area contributed by atoms with Gasteiger partial charge in [0, 0.05) is 0 Å². The molecule has 0 unspecified atom stereocenters. The number of aromatic nitrogens is 2. The summed E-state index contributed by atoms with van der Waals surface area (Å²) in [6, 6.07) is 14.1. The van der Waals surface area contributed by atoms with Crippen molar-refractivity contribution >= 4 is 23.4 Å². The van der Waals surface area contributed by atoms with Crippen LogP contribution >= 0.6 is 12.4 Å². The van der Waals surface area contributed by atoms with Gasteiger partial charge in [0.15, 0.2) is 0 Å². The highest BCUT2D eigenvalue weighted by Crippen LogP contribution is 2.21. The Balaban J connectivity index is 0.00000133. The van der Waals surface area contributed by atoms with E-state index < -0.39 is 0 Å². The Morgan fingerprint density at radius 3 is 2.68 bits per heavy atom. The largest absolute Gasteiger partial charge is 0.392 e. The van der Waals surface area contributed by atoms with E-state index in [0.717, 1.165) is 22.3 Å². The minimum atomic E-state index is 0. The lowest BCUT2D eigenvalue weighted by molar-refractivity contribution is 0.282. The number of imidazole rings is 1. The van der Waals surface area contributed by atoms with Crippen LogP contribution in [0.2, 0.25) is 0 Å². The van der Waals surface area contributed by atoms with Gasteiger partial charge in [-0.2, -0.15) is 0 Å². The summed E-state index contributed by atoms with van der Waals surface area (Å²) in [5.74, 6) is 0. The molecule has 3 nitrogen and oxygen atoms in total. The molecular weight excluding hydrogens is 260 g/mol. The standard InChI is InChI=1S/C15H14N2O.ClH/c1-11-4-2-3-5-14(11)17-10-16-13-8-12(9-18)6-7-15(13)17;/h2-8,10,18H,9H2,1H3;1H. The van der Waals surface area contributed by atoms with Crippen molar-refractivity contribution in [1.82, 2.24) is 9.55 Å². The topological polar surface area (TPSA) is 38.0 Å². The zero-order valence-corrected chi connectivity index (χ0v) is 11.4. The Kier molecular flexibility index (Phi) is 3.88. The number of nitrogens with zero attached hydrogens (tertiary/aromatic N) is 2. The molecule has 0 aliphatic carbocycles. The van der Waals surface area contributed by atoms with Crippen LogP contribution in [-0.2, 0) is 6.61 Å². The molecule has 0 bridgehead atoms. The number of para-hydroxylation sites is 1. The monoisotopic (exact) mass is 274 g/mol. The minimum absolute atomic E-state index is 0. The normalized spacial score (nSPS) is 10.4. The van der Waals surface area contributed by atoms with Crippen molar-refractivity contribution in [2.75, 3.05) is 0 Å². The van der Waals surface area contributed by atoms with Crippen LogP contribution in [0.4, 0.5) is 0 Å². The third-order valence-corrected chi connectivity index (χ3v) is 3.17. The molecule has 1 heterocycles. The summed E-state index contributed by atoms with van der Waals surface area (Å²) in [7, 11) is 0. The van der Waals surface area contributed by atoms with E-state index in [-0.39, 0.29) is 19.0 Å². The number of benzene rings is 2. The van der Waals surface area contributed by atoms with E-state index in [2.05, 4.69) is 28.6 Å². The lowest BCUT2D eigenvalue weighted by Gasteiger charge is -2.07.